The van der Waals surface area contributed by atoms with Crippen LogP contribution in [0.5, 0.6) is 34.5 Å². The van der Waals surface area contributed by atoms with Crippen molar-refractivity contribution < 1.29 is 29.5 Å². The Bertz CT molecular complexity index is 898. The molecule has 0 aliphatic carbocycles. The van der Waals surface area contributed by atoms with Crippen LogP contribution < -0.4 is 14.2 Å². The van der Waals surface area contributed by atoms with Crippen molar-refractivity contribution in [2.45, 2.75) is 12.3 Å². The van der Waals surface area contributed by atoms with Gasteiger partial charge in [0.25, 0.3) is 0 Å². The standard InChI is InChI=1S/C23H24O6/c1-23(14-5-8-20(27-2)17(24)11-14,15-6-9-21(28-3)18(25)12-15)16-7-10-22(29-4)19(26)13-16/h5-13,24-26H,1-4H3. The van der Waals surface area contributed by atoms with Crippen LogP contribution in [-0.2, 0) is 5.41 Å². The SMILES string of the molecule is COc1ccc(C(C)(c2ccc(OC)c(O)c2)c2ccc(OC)c(O)c2)cc1O. The smallest absolute Gasteiger partial charge is 0.160 e. The molecular weight excluding hydrogens is 372 g/mol. The molecule has 0 heterocycles. The molecule has 6 heteroatoms. The molecule has 0 aliphatic heterocycles. The molecule has 0 aliphatic rings. The number of phenols is 3. The van der Waals surface area contributed by atoms with Crippen LogP contribution in [0, 0.1) is 0 Å². The predicted octanol–water partition coefficient (Wildman–Crippen LogP) is 4.18. The maximum absolute atomic E-state index is 10.4. The van der Waals surface area contributed by atoms with Gasteiger partial charge in [-0.05, 0) is 60.0 Å². The quantitative estimate of drug-likeness (QED) is 0.542. The third kappa shape index (κ3) is 3.49. The maximum Gasteiger partial charge on any atom is 0.160 e. The largest absolute Gasteiger partial charge is 0.504 e. The number of phenolic OH excluding ortho intramolecular Hbond substituents is 3. The van der Waals surface area contributed by atoms with Gasteiger partial charge in [0.1, 0.15) is 0 Å². The molecular formula is C23H24O6. The average molecular weight is 396 g/mol. The molecule has 0 atom stereocenters. The number of hydrogen-bond acceptors (Lipinski definition) is 6. The monoisotopic (exact) mass is 396 g/mol. The third-order valence-electron chi connectivity index (χ3n) is 5.27. The van der Waals surface area contributed by atoms with Crippen LogP contribution in [0.3, 0.4) is 0 Å². The summed E-state index contributed by atoms with van der Waals surface area (Å²) >= 11 is 0. The van der Waals surface area contributed by atoms with E-state index in [1.54, 1.807) is 36.4 Å². The second kappa shape index (κ2) is 7.83. The van der Waals surface area contributed by atoms with Crippen LogP contribution in [0.2, 0.25) is 0 Å². The van der Waals surface area contributed by atoms with E-state index in [0.717, 1.165) is 16.7 Å². The van der Waals surface area contributed by atoms with Crippen LogP contribution in [0.4, 0.5) is 0 Å². The lowest BCUT2D eigenvalue weighted by Gasteiger charge is -2.32. The second-order valence-electron chi connectivity index (χ2n) is 6.78. The maximum atomic E-state index is 10.4. The molecule has 0 unspecified atom stereocenters. The highest BCUT2D eigenvalue weighted by Gasteiger charge is 2.33. The number of aromatic hydroxyl groups is 3. The van der Waals surface area contributed by atoms with E-state index in [9.17, 15) is 15.3 Å². The van der Waals surface area contributed by atoms with Crippen molar-refractivity contribution >= 4 is 0 Å². The summed E-state index contributed by atoms with van der Waals surface area (Å²) in [5.41, 5.74) is 1.40. The number of hydrogen-bond donors (Lipinski definition) is 3. The van der Waals surface area contributed by atoms with E-state index in [1.165, 1.54) is 21.3 Å². The topological polar surface area (TPSA) is 88.4 Å². The van der Waals surface area contributed by atoms with Crippen molar-refractivity contribution in [1.82, 2.24) is 0 Å². The van der Waals surface area contributed by atoms with Crippen LogP contribution in [-0.4, -0.2) is 36.6 Å². The van der Waals surface area contributed by atoms with Gasteiger partial charge in [-0.2, -0.15) is 0 Å². The average Bonchev–Trinajstić information content (AvgIpc) is 2.72. The molecule has 29 heavy (non-hydrogen) atoms. The number of ether oxygens (including phenoxy) is 3. The lowest BCUT2D eigenvalue weighted by atomic mass is 9.71. The number of benzene rings is 3. The third-order valence-corrected chi connectivity index (χ3v) is 5.27. The summed E-state index contributed by atoms with van der Waals surface area (Å²) in [6.07, 6.45) is 0. The van der Waals surface area contributed by atoms with Gasteiger partial charge >= 0.3 is 0 Å². The Hall–Kier alpha value is -3.54. The molecule has 0 radical (unpaired) electrons. The Morgan fingerprint density at radius 2 is 0.828 bits per heavy atom. The second-order valence-corrected chi connectivity index (χ2v) is 6.78. The Kier molecular flexibility index (Phi) is 5.46. The Balaban J connectivity index is 2.27. The molecule has 3 rings (SSSR count). The molecule has 0 aromatic heterocycles. The van der Waals surface area contributed by atoms with Gasteiger partial charge in [0.05, 0.1) is 21.3 Å². The van der Waals surface area contributed by atoms with E-state index < -0.39 is 5.41 Å². The van der Waals surface area contributed by atoms with E-state index in [0.29, 0.717) is 17.2 Å². The highest BCUT2D eigenvalue weighted by atomic mass is 16.5. The first-order valence-corrected chi connectivity index (χ1v) is 8.97. The van der Waals surface area contributed by atoms with Gasteiger partial charge in [-0.3, -0.25) is 0 Å². The van der Waals surface area contributed by atoms with Gasteiger partial charge in [-0.25, -0.2) is 0 Å². The van der Waals surface area contributed by atoms with Crippen LogP contribution in [0.1, 0.15) is 23.6 Å². The lowest BCUT2D eigenvalue weighted by molar-refractivity contribution is 0.370. The molecule has 0 saturated heterocycles. The zero-order valence-electron chi connectivity index (χ0n) is 16.8. The fourth-order valence-electron chi connectivity index (χ4n) is 3.50. The van der Waals surface area contributed by atoms with Gasteiger partial charge in [0.2, 0.25) is 0 Å². The molecule has 6 nitrogen and oxygen atoms in total. The summed E-state index contributed by atoms with van der Waals surface area (Å²) in [5, 5.41) is 31.1. The van der Waals surface area contributed by atoms with Crippen molar-refractivity contribution in [2.24, 2.45) is 0 Å². The molecule has 0 saturated carbocycles. The lowest BCUT2D eigenvalue weighted by Crippen LogP contribution is -2.25. The van der Waals surface area contributed by atoms with Gasteiger partial charge < -0.3 is 29.5 Å². The van der Waals surface area contributed by atoms with Crippen molar-refractivity contribution in [3.8, 4) is 34.5 Å². The van der Waals surface area contributed by atoms with Gasteiger partial charge in [-0.15, -0.1) is 0 Å². The first-order valence-electron chi connectivity index (χ1n) is 8.97. The van der Waals surface area contributed by atoms with Crippen molar-refractivity contribution in [3.63, 3.8) is 0 Å². The summed E-state index contributed by atoms with van der Waals surface area (Å²) in [4.78, 5) is 0. The minimum atomic E-state index is -0.822. The van der Waals surface area contributed by atoms with Crippen LogP contribution in [0.25, 0.3) is 0 Å². The van der Waals surface area contributed by atoms with Crippen LogP contribution in [0.15, 0.2) is 54.6 Å². The Morgan fingerprint density at radius 1 is 0.552 bits per heavy atom. The molecule has 3 aromatic rings. The molecule has 152 valence electrons. The van der Waals surface area contributed by atoms with E-state index >= 15 is 0 Å². The van der Waals surface area contributed by atoms with Crippen molar-refractivity contribution in [1.29, 1.82) is 0 Å². The van der Waals surface area contributed by atoms with Crippen LogP contribution >= 0.6 is 0 Å². The molecule has 0 spiro atoms. The fraction of sp³-hybridized carbons (Fsp3) is 0.217. The highest BCUT2D eigenvalue weighted by Crippen LogP contribution is 2.45. The first kappa shape index (κ1) is 20.2. The highest BCUT2D eigenvalue weighted by molar-refractivity contribution is 5.58. The van der Waals surface area contributed by atoms with E-state index in [4.69, 9.17) is 14.2 Å². The number of methoxy groups -OCH3 is 3. The first-order chi connectivity index (χ1) is 13.8. The summed E-state index contributed by atoms with van der Waals surface area (Å²) in [6.45, 7) is 1.94. The predicted molar refractivity (Wildman–Crippen MR) is 110 cm³/mol. The van der Waals surface area contributed by atoms with E-state index in [2.05, 4.69) is 0 Å². The molecule has 0 fully saturated rings. The summed E-state index contributed by atoms with van der Waals surface area (Å²) in [7, 11) is 4.45. The molecule has 0 amide bonds. The Labute approximate surface area is 169 Å². The summed E-state index contributed by atoms with van der Waals surface area (Å²) < 4.78 is 15.5. The minimum Gasteiger partial charge on any atom is -0.504 e. The fourth-order valence-corrected chi connectivity index (χ4v) is 3.50. The summed E-state index contributed by atoms with van der Waals surface area (Å²) in [6, 6.07) is 15.4. The summed E-state index contributed by atoms with van der Waals surface area (Å²) in [5.74, 6) is 1.04. The molecule has 0 bridgehead atoms. The van der Waals surface area contributed by atoms with Crippen molar-refractivity contribution in [2.75, 3.05) is 21.3 Å². The van der Waals surface area contributed by atoms with Gasteiger partial charge in [0, 0.05) is 5.41 Å². The zero-order chi connectivity index (χ0) is 21.2. The number of rotatable bonds is 6. The molecule has 3 N–H and O–H groups in total. The zero-order valence-corrected chi connectivity index (χ0v) is 16.8. The Morgan fingerprint density at radius 3 is 1.03 bits per heavy atom. The van der Waals surface area contributed by atoms with E-state index in [1.807, 2.05) is 25.1 Å². The van der Waals surface area contributed by atoms with Crippen molar-refractivity contribution in [3.05, 3.63) is 71.3 Å². The van der Waals surface area contributed by atoms with Gasteiger partial charge in [-0.1, -0.05) is 18.2 Å². The van der Waals surface area contributed by atoms with E-state index in [-0.39, 0.29) is 17.2 Å². The molecule has 3 aromatic carbocycles. The minimum absolute atomic E-state index is 0.00769. The normalized spacial score (nSPS) is 11.2. The van der Waals surface area contributed by atoms with Gasteiger partial charge in [0.15, 0.2) is 34.5 Å².